The predicted molar refractivity (Wildman–Crippen MR) is 80.1 cm³/mol. The Balaban J connectivity index is 1.96. The maximum absolute atomic E-state index is 6.09. The van der Waals surface area contributed by atoms with Gasteiger partial charge in [0.05, 0.1) is 10.7 Å². The van der Waals surface area contributed by atoms with Gasteiger partial charge in [-0.2, -0.15) is 11.8 Å². The van der Waals surface area contributed by atoms with Crippen molar-refractivity contribution in [1.82, 2.24) is 4.98 Å². The highest BCUT2D eigenvalue weighted by Gasteiger charge is 2.04. The smallest absolute Gasteiger partial charge is 0.123 e. The first kappa shape index (κ1) is 13.5. The Morgan fingerprint density at radius 1 is 1.00 bits per heavy atom. The third kappa shape index (κ3) is 3.55. The van der Waals surface area contributed by atoms with Crippen LogP contribution in [0, 0.1) is 0 Å². The summed E-state index contributed by atoms with van der Waals surface area (Å²) in [4.78, 5) is 4.22. The maximum Gasteiger partial charge on any atom is 0.123 e. The number of halogens is 2. The van der Waals surface area contributed by atoms with Gasteiger partial charge in [0, 0.05) is 16.5 Å². The number of benzene rings is 1. The van der Waals surface area contributed by atoms with Gasteiger partial charge in [-0.1, -0.05) is 41.4 Å². The summed E-state index contributed by atoms with van der Waals surface area (Å²) in [6.45, 7) is 0. The Bertz CT molecular complexity index is 546. The molecule has 0 atom stereocenters. The minimum Gasteiger partial charge on any atom is -0.384 e. The molecule has 5 heteroatoms. The van der Waals surface area contributed by atoms with Crippen molar-refractivity contribution >= 4 is 40.8 Å². The van der Waals surface area contributed by atoms with Gasteiger partial charge < -0.3 is 5.73 Å². The summed E-state index contributed by atoms with van der Waals surface area (Å²) < 4.78 is 0. The molecule has 0 aliphatic heterocycles. The van der Waals surface area contributed by atoms with Crippen molar-refractivity contribution < 1.29 is 0 Å². The van der Waals surface area contributed by atoms with Gasteiger partial charge in [-0.25, -0.2) is 4.98 Å². The minimum atomic E-state index is 0.493. The van der Waals surface area contributed by atoms with Crippen LogP contribution in [0.2, 0.25) is 10.0 Å². The lowest BCUT2D eigenvalue weighted by atomic mass is 10.2. The second-order valence-corrected chi connectivity index (χ2v) is 5.55. The zero-order valence-electron chi connectivity index (χ0n) is 9.57. The van der Waals surface area contributed by atoms with E-state index in [1.54, 1.807) is 23.9 Å². The molecule has 0 saturated heterocycles. The van der Waals surface area contributed by atoms with Gasteiger partial charge in [-0.05, 0) is 23.8 Å². The molecule has 2 N–H and O–H groups in total. The summed E-state index contributed by atoms with van der Waals surface area (Å²) in [6, 6.07) is 11.3. The van der Waals surface area contributed by atoms with E-state index in [0.717, 1.165) is 27.8 Å². The van der Waals surface area contributed by atoms with Gasteiger partial charge >= 0.3 is 0 Å². The molecule has 0 fully saturated rings. The van der Waals surface area contributed by atoms with Crippen molar-refractivity contribution in [2.75, 3.05) is 5.73 Å². The normalized spacial score (nSPS) is 10.6. The number of anilines is 1. The quantitative estimate of drug-likeness (QED) is 0.909. The molecule has 94 valence electrons. The van der Waals surface area contributed by atoms with Crippen LogP contribution in [-0.2, 0) is 11.5 Å². The SMILES string of the molecule is Nc1ccc(Cl)c(CSCc2ccccc2Cl)n1. The van der Waals surface area contributed by atoms with Crippen molar-refractivity contribution in [2.45, 2.75) is 11.5 Å². The van der Waals surface area contributed by atoms with Gasteiger partial charge in [0.15, 0.2) is 0 Å². The summed E-state index contributed by atoms with van der Waals surface area (Å²) in [6.07, 6.45) is 0. The molecule has 1 aromatic heterocycles. The minimum absolute atomic E-state index is 0.493. The number of aromatic nitrogens is 1. The highest BCUT2D eigenvalue weighted by molar-refractivity contribution is 7.97. The second-order valence-electron chi connectivity index (χ2n) is 3.75. The van der Waals surface area contributed by atoms with Crippen molar-refractivity contribution in [2.24, 2.45) is 0 Å². The Kier molecular flexibility index (Phi) is 4.75. The number of pyridine rings is 1. The van der Waals surface area contributed by atoms with Gasteiger partial charge in [0.25, 0.3) is 0 Å². The lowest BCUT2D eigenvalue weighted by Gasteiger charge is -2.06. The van der Waals surface area contributed by atoms with E-state index >= 15 is 0 Å². The molecule has 2 aromatic rings. The Morgan fingerprint density at radius 3 is 2.56 bits per heavy atom. The average molecular weight is 299 g/mol. The van der Waals surface area contributed by atoms with Crippen LogP contribution in [0.15, 0.2) is 36.4 Å². The van der Waals surface area contributed by atoms with Crippen molar-refractivity contribution in [3.63, 3.8) is 0 Å². The highest BCUT2D eigenvalue weighted by Crippen LogP contribution is 2.25. The molecule has 2 rings (SSSR count). The Morgan fingerprint density at radius 2 is 1.78 bits per heavy atom. The first-order chi connectivity index (χ1) is 8.66. The van der Waals surface area contributed by atoms with E-state index in [2.05, 4.69) is 4.98 Å². The van der Waals surface area contributed by atoms with Gasteiger partial charge in [-0.15, -0.1) is 0 Å². The largest absolute Gasteiger partial charge is 0.384 e. The third-order valence-electron chi connectivity index (χ3n) is 2.39. The molecule has 1 aromatic carbocycles. The second kappa shape index (κ2) is 6.32. The van der Waals surface area contributed by atoms with Crippen molar-refractivity contribution in [3.05, 3.63) is 57.7 Å². The molecule has 0 bridgehead atoms. The van der Waals surface area contributed by atoms with Gasteiger partial charge in [0.2, 0.25) is 0 Å². The molecule has 0 saturated carbocycles. The number of nitrogens with zero attached hydrogens (tertiary/aromatic N) is 1. The van der Waals surface area contributed by atoms with Gasteiger partial charge in [0.1, 0.15) is 5.82 Å². The molecule has 18 heavy (non-hydrogen) atoms. The van der Waals surface area contributed by atoms with Crippen LogP contribution < -0.4 is 5.73 Å². The monoisotopic (exact) mass is 298 g/mol. The molecule has 0 spiro atoms. The number of hydrogen-bond acceptors (Lipinski definition) is 3. The number of rotatable bonds is 4. The van der Waals surface area contributed by atoms with Gasteiger partial charge in [-0.3, -0.25) is 0 Å². The average Bonchev–Trinajstić information content (AvgIpc) is 2.36. The summed E-state index contributed by atoms with van der Waals surface area (Å²) in [5, 5.41) is 1.44. The lowest BCUT2D eigenvalue weighted by molar-refractivity contribution is 1.18. The number of nitrogen functional groups attached to an aromatic ring is 1. The fourth-order valence-electron chi connectivity index (χ4n) is 1.48. The van der Waals surface area contributed by atoms with Crippen molar-refractivity contribution in [3.8, 4) is 0 Å². The van der Waals surface area contributed by atoms with Crippen LogP contribution in [0.5, 0.6) is 0 Å². The fraction of sp³-hybridized carbons (Fsp3) is 0.154. The van der Waals surface area contributed by atoms with E-state index in [0.29, 0.717) is 10.8 Å². The van der Waals surface area contributed by atoms with Crippen LogP contribution in [0.4, 0.5) is 5.82 Å². The van der Waals surface area contributed by atoms with E-state index in [1.165, 1.54) is 0 Å². The predicted octanol–water partition coefficient (Wildman–Crippen LogP) is 4.40. The summed E-state index contributed by atoms with van der Waals surface area (Å²) in [5.74, 6) is 2.04. The topological polar surface area (TPSA) is 38.9 Å². The summed E-state index contributed by atoms with van der Waals surface area (Å²) in [7, 11) is 0. The van der Waals surface area contributed by atoms with E-state index in [4.69, 9.17) is 28.9 Å². The first-order valence-electron chi connectivity index (χ1n) is 5.39. The zero-order chi connectivity index (χ0) is 13.0. The Labute approximate surface area is 121 Å². The van der Waals surface area contributed by atoms with E-state index in [-0.39, 0.29) is 0 Å². The van der Waals surface area contributed by atoms with E-state index in [1.807, 2.05) is 24.3 Å². The van der Waals surface area contributed by atoms with E-state index < -0.39 is 0 Å². The van der Waals surface area contributed by atoms with E-state index in [9.17, 15) is 0 Å². The molecule has 0 unspecified atom stereocenters. The summed E-state index contributed by atoms with van der Waals surface area (Å²) >= 11 is 13.8. The highest BCUT2D eigenvalue weighted by atomic mass is 35.5. The number of nitrogens with two attached hydrogens (primary N) is 1. The zero-order valence-corrected chi connectivity index (χ0v) is 11.9. The third-order valence-corrected chi connectivity index (χ3v) is 4.10. The van der Waals surface area contributed by atoms with Crippen LogP contribution in [-0.4, -0.2) is 4.98 Å². The number of thioether (sulfide) groups is 1. The van der Waals surface area contributed by atoms with Crippen LogP contribution >= 0.6 is 35.0 Å². The maximum atomic E-state index is 6.09. The lowest BCUT2D eigenvalue weighted by Crippen LogP contribution is -1.95. The molecule has 0 amide bonds. The van der Waals surface area contributed by atoms with Crippen LogP contribution in [0.3, 0.4) is 0 Å². The Hall–Kier alpha value is -0.900. The van der Waals surface area contributed by atoms with Crippen LogP contribution in [0.25, 0.3) is 0 Å². The number of hydrogen-bond donors (Lipinski definition) is 1. The molecule has 1 heterocycles. The first-order valence-corrected chi connectivity index (χ1v) is 7.30. The standard InChI is InChI=1S/C13H12Cl2N2S/c14-10-4-2-1-3-9(10)7-18-8-12-11(15)5-6-13(16)17-12/h1-6H,7-8H2,(H2,16,17). The molecular weight excluding hydrogens is 287 g/mol. The molecule has 0 radical (unpaired) electrons. The molecular formula is C13H12Cl2N2S. The van der Waals surface area contributed by atoms with Crippen molar-refractivity contribution in [1.29, 1.82) is 0 Å². The molecule has 2 nitrogen and oxygen atoms in total. The van der Waals surface area contributed by atoms with Crippen LogP contribution in [0.1, 0.15) is 11.3 Å². The molecule has 0 aliphatic carbocycles. The molecule has 0 aliphatic rings. The summed E-state index contributed by atoms with van der Waals surface area (Å²) in [5.41, 5.74) is 7.56. The fourth-order valence-corrected chi connectivity index (χ4v) is 3.00.